The summed E-state index contributed by atoms with van der Waals surface area (Å²) in [5.74, 6) is 1.32. The van der Waals surface area contributed by atoms with E-state index in [0.29, 0.717) is 11.8 Å². The van der Waals surface area contributed by atoms with Gasteiger partial charge in [-0.1, -0.05) is 56.5 Å². The van der Waals surface area contributed by atoms with Crippen LogP contribution in [0.15, 0.2) is 41.5 Å². The van der Waals surface area contributed by atoms with Crippen LogP contribution in [0.4, 0.5) is 0 Å². The van der Waals surface area contributed by atoms with Gasteiger partial charge in [0.25, 0.3) is 0 Å². The average molecular weight is 295 g/mol. The zero-order valence-corrected chi connectivity index (χ0v) is 14.9. The molecule has 22 heavy (non-hydrogen) atoms. The summed E-state index contributed by atoms with van der Waals surface area (Å²) in [4.78, 5) is 0. The summed E-state index contributed by atoms with van der Waals surface area (Å²) in [5, 5.41) is 9.11. The van der Waals surface area contributed by atoms with Crippen LogP contribution in [0.3, 0.4) is 0 Å². The molecule has 0 bridgehead atoms. The van der Waals surface area contributed by atoms with Crippen molar-refractivity contribution in [3.8, 4) is 6.07 Å². The molecule has 2 atom stereocenters. The number of rotatable bonds is 6. The number of nitriles is 1. The molecule has 1 aromatic carbocycles. The Hall–Kier alpha value is -1.81. The Morgan fingerprint density at radius 2 is 1.86 bits per heavy atom. The SMILES string of the molecule is CCC(C)C(CC)/C(C)=C/C(=C(C)C)c1cccc(C#N)c1. The van der Waals surface area contributed by atoms with Gasteiger partial charge in [-0.15, -0.1) is 0 Å². The first kappa shape index (κ1) is 18.2. The summed E-state index contributed by atoms with van der Waals surface area (Å²) in [6, 6.07) is 10.1. The molecule has 0 amide bonds. The topological polar surface area (TPSA) is 23.8 Å². The molecule has 0 heterocycles. The molecular weight excluding hydrogens is 266 g/mol. The molecule has 0 aliphatic heterocycles. The number of benzene rings is 1. The summed E-state index contributed by atoms with van der Waals surface area (Å²) in [6.07, 6.45) is 4.70. The van der Waals surface area contributed by atoms with E-state index in [9.17, 15) is 0 Å². The first-order chi connectivity index (χ1) is 10.4. The van der Waals surface area contributed by atoms with Crippen molar-refractivity contribution in [1.82, 2.24) is 0 Å². The smallest absolute Gasteiger partial charge is 0.0991 e. The maximum Gasteiger partial charge on any atom is 0.0991 e. The molecule has 1 heteroatoms. The van der Waals surface area contributed by atoms with Crippen molar-refractivity contribution in [3.63, 3.8) is 0 Å². The monoisotopic (exact) mass is 295 g/mol. The third-order valence-corrected chi connectivity index (χ3v) is 4.57. The largest absolute Gasteiger partial charge is 0.192 e. The van der Waals surface area contributed by atoms with Crippen LogP contribution in [-0.2, 0) is 0 Å². The van der Waals surface area contributed by atoms with Gasteiger partial charge in [-0.05, 0) is 62.3 Å². The predicted molar refractivity (Wildman–Crippen MR) is 96.4 cm³/mol. The zero-order chi connectivity index (χ0) is 16.7. The number of nitrogens with zero attached hydrogens (tertiary/aromatic N) is 1. The molecule has 0 saturated heterocycles. The van der Waals surface area contributed by atoms with Gasteiger partial charge in [-0.2, -0.15) is 5.26 Å². The number of hydrogen-bond acceptors (Lipinski definition) is 1. The van der Waals surface area contributed by atoms with Gasteiger partial charge in [0.15, 0.2) is 0 Å². The molecule has 0 radical (unpaired) electrons. The van der Waals surface area contributed by atoms with Crippen molar-refractivity contribution in [2.45, 2.75) is 54.4 Å². The lowest BCUT2D eigenvalue weighted by atomic mass is 9.82. The molecule has 0 aliphatic rings. The minimum absolute atomic E-state index is 0.624. The third kappa shape index (κ3) is 4.60. The minimum atomic E-state index is 0.624. The molecule has 0 aromatic heterocycles. The second-order valence-electron chi connectivity index (χ2n) is 6.39. The van der Waals surface area contributed by atoms with Crippen molar-refractivity contribution in [3.05, 3.63) is 52.6 Å². The van der Waals surface area contributed by atoms with E-state index in [-0.39, 0.29) is 0 Å². The molecule has 0 spiro atoms. The first-order valence-corrected chi connectivity index (χ1v) is 8.30. The lowest BCUT2D eigenvalue weighted by molar-refractivity contribution is 0.387. The van der Waals surface area contributed by atoms with Gasteiger partial charge in [-0.25, -0.2) is 0 Å². The fraction of sp³-hybridized carbons (Fsp3) is 0.476. The fourth-order valence-electron chi connectivity index (χ4n) is 3.06. The molecular formula is C21H29N. The van der Waals surface area contributed by atoms with E-state index < -0.39 is 0 Å². The predicted octanol–water partition coefficient (Wildman–Crippen LogP) is 6.37. The van der Waals surface area contributed by atoms with Gasteiger partial charge in [0.2, 0.25) is 0 Å². The van der Waals surface area contributed by atoms with Crippen molar-refractivity contribution in [1.29, 1.82) is 5.26 Å². The lowest BCUT2D eigenvalue weighted by Gasteiger charge is -2.23. The highest BCUT2D eigenvalue weighted by molar-refractivity contribution is 5.77. The Labute approximate surface area is 136 Å². The van der Waals surface area contributed by atoms with Gasteiger partial charge in [0, 0.05) is 0 Å². The normalized spacial score (nSPS) is 14.1. The van der Waals surface area contributed by atoms with Crippen molar-refractivity contribution >= 4 is 5.57 Å². The van der Waals surface area contributed by atoms with E-state index in [1.807, 2.05) is 18.2 Å². The second kappa shape index (κ2) is 8.59. The van der Waals surface area contributed by atoms with Crippen molar-refractivity contribution in [2.24, 2.45) is 11.8 Å². The molecule has 1 rings (SSSR count). The van der Waals surface area contributed by atoms with Crippen LogP contribution in [0.5, 0.6) is 0 Å². The van der Waals surface area contributed by atoms with Gasteiger partial charge < -0.3 is 0 Å². The summed E-state index contributed by atoms with van der Waals surface area (Å²) < 4.78 is 0. The van der Waals surface area contributed by atoms with E-state index in [4.69, 9.17) is 5.26 Å². The number of hydrogen-bond donors (Lipinski definition) is 0. The van der Waals surface area contributed by atoms with Crippen LogP contribution in [0.1, 0.15) is 65.5 Å². The Bertz CT molecular complexity index is 595. The van der Waals surface area contributed by atoms with Gasteiger partial charge in [0.05, 0.1) is 11.6 Å². The minimum Gasteiger partial charge on any atom is -0.192 e. The van der Waals surface area contributed by atoms with E-state index in [1.165, 1.54) is 29.6 Å². The van der Waals surface area contributed by atoms with E-state index >= 15 is 0 Å². The second-order valence-corrected chi connectivity index (χ2v) is 6.39. The molecule has 1 aromatic rings. The van der Waals surface area contributed by atoms with Crippen LogP contribution in [0.2, 0.25) is 0 Å². The molecule has 2 unspecified atom stereocenters. The van der Waals surface area contributed by atoms with E-state index in [1.54, 1.807) is 0 Å². The van der Waals surface area contributed by atoms with Crippen LogP contribution >= 0.6 is 0 Å². The van der Waals surface area contributed by atoms with Crippen LogP contribution < -0.4 is 0 Å². The lowest BCUT2D eigenvalue weighted by Crippen LogP contribution is -2.11. The van der Waals surface area contributed by atoms with E-state index in [0.717, 1.165) is 11.1 Å². The van der Waals surface area contributed by atoms with E-state index in [2.05, 4.69) is 59.8 Å². The van der Waals surface area contributed by atoms with Crippen molar-refractivity contribution in [2.75, 3.05) is 0 Å². The summed E-state index contributed by atoms with van der Waals surface area (Å²) in [5.41, 5.74) is 5.83. The molecule has 0 saturated carbocycles. The Kier molecular flexibility index (Phi) is 7.12. The summed E-state index contributed by atoms with van der Waals surface area (Å²) in [6.45, 7) is 13.4. The van der Waals surface area contributed by atoms with Crippen LogP contribution in [0, 0.1) is 23.2 Å². The molecule has 0 fully saturated rings. The summed E-state index contributed by atoms with van der Waals surface area (Å²) in [7, 11) is 0. The maximum atomic E-state index is 9.11. The molecule has 0 aliphatic carbocycles. The number of allylic oxidation sites excluding steroid dienone is 4. The van der Waals surface area contributed by atoms with Gasteiger partial charge in [0.1, 0.15) is 0 Å². The van der Waals surface area contributed by atoms with Crippen LogP contribution in [0.25, 0.3) is 5.57 Å². The molecule has 0 N–H and O–H groups in total. The standard InChI is InChI=1S/C21H29N/c1-7-16(5)20(8-2)17(6)12-21(15(3)4)19-11-9-10-18(13-19)14-22/h9-13,16,20H,7-8H2,1-6H3/b17-12+. The Morgan fingerprint density at radius 1 is 1.18 bits per heavy atom. The van der Waals surface area contributed by atoms with Crippen molar-refractivity contribution < 1.29 is 0 Å². The van der Waals surface area contributed by atoms with Gasteiger partial charge >= 0.3 is 0 Å². The van der Waals surface area contributed by atoms with Gasteiger partial charge in [-0.3, -0.25) is 0 Å². The highest BCUT2D eigenvalue weighted by Gasteiger charge is 2.16. The maximum absolute atomic E-state index is 9.11. The molecule has 1 nitrogen and oxygen atoms in total. The Morgan fingerprint density at radius 3 is 2.36 bits per heavy atom. The quantitative estimate of drug-likeness (QED) is 0.559. The highest BCUT2D eigenvalue weighted by atomic mass is 14.2. The highest BCUT2D eigenvalue weighted by Crippen LogP contribution is 2.30. The average Bonchev–Trinajstić information content (AvgIpc) is 2.52. The molecule has 118 valence electrons. The zero-order valence-electron chi connectivity index (χ0n) is 14.9. The third-order valence-electron chi connectivity index (χ3n) is 4.57. The fourth-order valence-corrected chi connectivity index (χ4v) is 3.06. The Balaban J connectivity index is 3.25. The van der Waals surface area contributed by atoms with Crippen LogP contribution in [-0.4, -0.2) is 0 Å². The summed E-state index contributed by atoms with van der Waals surface area (Å²) >= 11 is 0. The first-order valence-electron chi connectivity index (χ1n) is 8.30.